The predicted molar refractivity (Wildman–Crippen MR) is 142 cm³/mol. The topological polar surface area (TPSA) is 122 Å². The lowest BCUT2D eigenvalue weighted by atomic mass is 10.2. The molecule has 2 N–H and O–H groups in total. The number of anilines is 2. The van der Waals surface area contributed by atoms with Gasteiger partial charge in [0.05, 0.1) is 22.7 Å². The molecule has 1 amide bonds. The molecule has 0 aliphatic carbocycles. The molecule has 0 spiro atoms. The highest BCUT2D eigenvalue weighted by Crippen LogP contribution is 2.31. The van der Waals surface area contributed by atoms with E-state index >= 15 is 0 Å². The van der Waals surface area contributed by atoms with Crippen molar-refractivity contribution in [3.05, 3.63) is 77.3 Å². The van der Waals surface area contributed by atoms with Gasteiger partial charge < -0.3 is 10.1 Å². The van der Waals surface area contributed by atoms with Crippen LogP contribution in [-0.2, 0) is 20.0 Å². The Morgan fingerprint density at radius 3 is 2.35 bits per heavy atom. The molecule has 1 aliphatic rings. The molecule has 3 aromatic rings. The molecule has 37 heavy (non-hydrogen) atoms. The van der Waals surface area contributed by atoms with Gasteiger partial charge in [-0.25, -0.2) is 16.8 Å². The standard InChI is InChI=1S/C25H26ClN3O6S2/c1-35-23-13-12-19(17-24(23)37(33,34)29-14-5-2-6-15-29)27-25(30)18-8-7-9-20(16-18)36(31,32)28-22-11-4-3-10-21(22)26/h3-4,7-13,16-17,28H,2,5-6,14-15H2,1H3,(H,27,30). The fraction of sp³-hybridized carbons (Fsp3) is 0.240. The molecule has 4 rings (SSSR count). The molecule has 9 nitrogen and oxygen atoms in total. The number of amides is 1. The lowest BCUT2D eigenvalue weighted by molar-refractivity contribution is 0.102. The number of piperidine rings is 1. The molecule has 1 aliphatic heterocycles. The smallest absolute Gasteiger partial charge is 0.261 e. The van der Waals surface area contributed by atoms with Crippen LogP contribution in [0.3, 0.4) is 0 Å². The Bertz CT molecular complexity index is 1520. The van der Waals surface area contributed by atoms with E-state index in [1.54, 1.807) is 18.2 Å². The maximum Gasteiger partial charge on any atom is 0.261 e. The normalized spacial score (nSPS) is 14.6. The van der Waals surface area contributed by atoms with Crippen molar-refractivity contribution in [2.75, 3.05) is 30.2 Å². The number of methoxy groups -OCH3 is 1. The Kier molecular flexibility index (Phi) is 8.08. The second-order valence-electron chi connectivity index (χ2n) is 8.40. The Labute approximate surface area is 221 Å². The van der Waals surface area contributed by atoms with Crippen LogP contribution in [0, 0.1) is 0 Å². The lowest BCUT2D eigenvalue weighted by Gasteiger charge is -2.26. The first-order valence-corrected chi connectivity index (χ1v) is 14.8. The Hall–Kier alpha value is -3.12. The average Bonchev–Trinajstić information content (AvgIpc) is 2.90. The van der Waals surface area contributed by atoms with Crippen LogP contribution in [-0.4, -0.2) is 47.2 Å². The Morgan fingerprint density at radius 2 is 1.65 bits per heavy atom. The van der Waals surface area contributed by atoms with Gasteiger partial charge in [0, 0.05) is 24.3 Å². The number of hydrogen-bond acceptors (Lipinski definition) is 6. The number of hydrogen-bond donors (Lipinski definition) is 2. The van der Waals surface area contributed by atoms with Crippen molar-refractivity contribution in [3.63, 3.8) is 0 Å². The summed E-state index contributed by atoms with van der Waals surface area (Å²) >= 11 is 6.06. The molecule has 0 radical (unpaired) electrons. The summed E-state index contributed by atoms with van der Waals surface area (Å²) in [5, 5.41) is 2.88. The third-order valence-corrected chi connectivity index (χ3v) is 9.49. The van der Waals surface area contributed by atoms with Gasteiger partial charge in [-0.1, -0.05) is 36.2 Å². The molecule has 3 aromatic carbocycles. The van der Waals surface area contributed by atoms with E-state index in [9.17, 15) is 21.6 Å². The summed E-state index contributed by atoms with van der Waals surface area (Å²) in [6, 6.07) is 16.2. The van der Waals surface area contributed by atoms with E-state index in [1.807, 2.05) is 0 Å². The third kappa shape index (κ3) is 6.07. The second kappa shape index (κ2) is 11.1. The number of halogens is 1. The molecular formula is C25H26ClN3O6S2. The van der Waals surface area contributed by atoms with Crippen molar-refractivity contribution in [3.8, 4) is 5.75 Å². The number of benzene rings is 3. The van der Waals surface area contributed by atoms with Gasteiger partial charge in [-0.05, 0) is 61.4 Å². The maximum absolute atomic E-state index is 13.3. The maximum atomic E-state index is 13.3. The van der Waals surface area contributed by atoms with Crippen molar-refractivity contribution < 1.29 is 26.4 Å². The summed E-state index contributed by atoms with van der Waals surface area (Å²) < 4.78 is 61.4. The largest absolute Gasteiger partial charge is 0.495 e. The zero-order valence-corrected chi connectivity index (χ0v) is 22.4. The van der Waals surface area contributed by atoms with Gasteiger partial charge in [-0.3, -0.25) is 9.52 Å². The number of para-hydroxylation sites is 1. The van der Waals surface area contributed by atoms with Crippen LogP contribution in [0.2, 0.25) is 5.02 Å². The minimum Gasteiger partial charge on any atom is -0.495 e. The van der Waals surface area contributed by atoms with Crippen LogP contribution >= 0.6 is 11.6 Å². The van der Waals surface area contributed by atoms with Crippen molar-refractivity contribution in [1.29, 1.82) is 0 Å². The van der Waals surface area contributed by atoms with Crippen LogP contribution in [0.5, 0.6) is 5.75 Å². The third-order valence-electron chi connectivity index (χ3n) is 5.88. The van der Waals surface area contributed by atoms with Crippen LogP contribution in [0.15, 0.2) is 76.5 Å². The fourth-order valence-corrected chi connectivity index (χ4v) is 7.02. The first-order chi connectivity index (χ1) is 17.6. The summed E-state index contributed by atoms with van der Waals surface area (Å²) in [6.45, 7) is 0.844. The van der Waals surface area contributed by atoms with Crippen LogP contribution in [0.4, 0.5) is 11.4 Å². The molecule has 0 unspecified atom stereocenters. The van der Waals surface area contributed by atoms with Crippen LogP contribution < -0.4 is 14.8 Å². The average molecular weight is 564 g/mol. The highest BCUT2D eigenvalue weighted by atomic mass is 35.5. The minimum absolute atomic E-state index is 0.0463. The number of carbonyl (C=O) groups excluding carboxylic acids is 1. The Balaban J connectivity index is 1.58. The number of nitrogens with zero attached hydrogens (tertiary/aromatic N) is 1. The Morgan fingerprint density at radius 1 is 0.919 bits per heavy atom. The lowest BCUT2D eigenvalue weighted by Crippen LogP contribution is -2.35. The van der Waals surface area contributed by atoms with Crippen LogP contribution in [0.25, 0.3) is 0 Å². The zero-order chi connectivity index (χ0) is 26.6. The van der Waals surface area contributed by atoms with E-state index in [0.717, 1.165) is 19.3 Å². The van der Waals surface area contributed by atoms with E-state index in [2.05, 4.69) is 10.0 Å². The monoisotopic (exact) mass is 563 g/mol. The molecule has 0 bridgehead atoms. The molecule has 0 aromatic heterocycles. The molecular weight excluding hydrogens is 538 g/mol. The highest BCUT2D eigenvalue weighted by Gasteiger charge is 2.29. The second-order valence-corrected chi connectivity index (χ2v) is 12.4. The van der Waals surface area contributed by atoms with Gasteiger partial charge in [0.15, 0.2) is 0 Å². The van der Waals surface area contributed by atoms with Crippen molar-refractivity contribution >= 4 is 48.9 Å². The number of nitrogens with one attached hydrogen (secondary N) is 2. The first-order valence-electron chi connectivity index (χ1n) is 11.5. The summed E-state index contributed by atoms with van der Waals surface area (Å²) in [5.74, 6) is -0.441. The van der Waals surface area contributed by atoms with Crippen molar-refractivity contribution in [1.82, 2.24) is 4.31 Å². The molecule has 12 heteroatoms. The number of sulfonamides is 2. The van der Waals surface area contributed by atoms with Crippen LogP contribution in [0.1, 0.15) is 29.6 Å². The fourth-order valence-electron chi connectivity index (χ4n) is 3.96. The SMILES string of the molecule is COc1ccc(NC(=O)c2cccc(S(=O)(=O)Nc3ccccc3Cl)c2)cc1S(=O)(=O)N1CCCCC1. The summed E-state index contributed by atoms with van der Waals surface area (Å²) in [6.07, 6.45) is 2.53. The van der Waals surface area contributed by atoms with Gasteiger partial charge in [-0.15, -0.1) is 0 Å². The van der Waals surface area contributed by atoms with Gasteiger partial charge in [0.2, 0.25) is 10.0 Å². The predicted octanol–water partition coefficient (Wildman–Crippen LogP) is 4.58. The van der Waals surface area contributed by atoms with E-state index < -0.39 is 26.0 Å². The quantitative estimate of drug-likeness (QED) is 0.414. The van der Waals surface area contributed by atoms with Crippen molar-refractivity contribution in [2.24, 2.45) is 0 Å². The molecule has 196 valence electrons. The molecule has 0 saturated carbocycles. The molecule has 1 fully saturated rings. The number of ether oxygens (including phenoxy) is 1. The van der Waals surface area contributed by atoms with E-state index in [1.165, 1.54) is 59.9 Å². The van der Waals surface area contributed by atoms with E-state index in [4.69, 9.17) is 16.3 Å². The molecule has 0 atom stereocenters. The van der Waals surface area contributed by atoms with E-state index in [-0.39, 0.29) is 37.5 Å². The molecule has 1 heterocycles. The van der Waals surface area contributed by atoms with Gasteiger partial charge in [0.1, 0.15) is 10.6 Å². The van der Waals surface area contributed by atoms with Gasteiger partial charge in [0.25, 0.3) is 15.9 Å². The van der Waals surface area contributed by atoms with E-state index in [0.29, 0.717) is 13.1 Å². The molecule has 1 saturated heterocycles. The first kappa shape index (κ1) is 26.9. The number of carbonyl (C=O) groups is 1. The van der Waals surface area contributed by atoms with Gasteiger partial charge >= 0.3 is 0 Å². The highest BCUT2D eigenvalue weighted by molar-refractivity contribution is 7.92. The minimum atomic E-state index is -4.03. The summed E-state index contributed by atoms with van der Waals surface area (Å²) in [5.41, 5.74) is 0.502. The summed E-state index contributed by atoms with van der Waals surface area (Å²) in [4.78, 5) is 12.8. The van der Waals surface area contributed by atoms with Crippen molar-refractivity contribution in [2.45, 2.75) is 29.1 Å². The zero-order valence-electron chi connectivity index (χ0n) is 20.0. The number of rotatable bonds is 8. The summed E-state index contributed by atoms with van der Waals surface area (Å²) in [7, 11) is -6.48. The van der Waals surface area contributed by atoms with Gasteiger partial charge in [-0.2, -0.15) is 4.31 Å².